The Kier molecular flexibility index (Phi) is 2.90. The smallest absolute Gasteiger partial charge is 0.331 e. The van der Waals surface area contributed by atoms with Gasteiger partial charge in [0.05, 0.1) is 7.11 Å². The number of benzene rings is 1. The second-order valence-electron chi connectivity index (χ2n) is 4.58. The third-order valence-electron chi connectivity index (χ3n) is 3.38. The molecule has 1 aromatic carbocycles. The van der Waals surface area contributed by atoms with Crippen LogP contribution in [0.25, 0.3) is 22.1 Å². The summed E-state index contributed by atoms with van der Waals surface area (Å²) in [7, 11) is 2.72. The Balaban J connectivity index is 2.44. The van der Waals surface area contributed by atoms with Crippen LogP contribution in [-0.2, 0) is 23.1 Å². The van der Waals surface area contributed by atoms with Crippen LogP contribution in [0.2, 0.25) is 0 Å². The van der Waals surface area contributed by atoms with E-state index in [9.17, 15) is 14.4 Å². The minimum atomic E-state index is -0.676. The van der Waals surface area contributed by atoms with Crippen LogP contribution in [0.4, 0.5) is 0 Å². The fraction of sp³-hybridized carbons (Fsp3) is 0.214. The van der Waals surface area contributed by atoms with Crippen molar-refractivity contribution in [3.05, 3.63) is 45.1 Å². The Morgan fingerprint density at radius 2 is 2.00 bits per heavy atom. The molecule has 0 N–H and O–H groups in total. The lowest BCUT2D eigenvalue weighted by atomic mass is 10.2. The molecular weight excluding hydrogens is 276 g/mol. The molecule has 21 heavy (non-hydrogen) atoms. The van der Waals surface area contributed by atoms with Gasteiger partial charge >= 0.3 is 11.7 Å². The number of hydrogen-bond acceptors (Lipinski definition) is 5. The molecule has 2 aromatic heterocycles. The third-order valence-corrected chi connectivity index (χ3v) is 3.38. The Morgan fingerprint density at radius 1 is 1.29 bits per heavy atom. The molecular formula is C14H12N2O5. The number of rotatable bonds is 2. The summed E-state index contributed by atoms with van der Waals surface area (Å²) in [6.07, 6.45) is 0. The molecule has 0 saturated carbocycles. The van der Waals surface area contributed by atoms with Gasteiger partial charge in [-0.2, -0.15) is 0 Å². The van der Waals surface area contributed by atoms with Crippen LogP contribution in [0.3, 0.4) is 0 Å². The second-order valence-corrected chi connectivity index (χ2v) is 4.58. The Morgan fingerprint density at radius 3 is 2.71 bits per heavy atom. The van der Waals surface area contributed by atoms with E-state index in [2.05, 4.69) is 4.74 Å². The number of furan rings is 1. The number of carbonyl (C=O) groups excluding carboxylic acids is 1. The van der Waals surface area contributed by atoms with Gasteiger partial charge in [0.25, 0.3) is 5.56 Å². The van der Waals surface area contributed by atoms with E-state index in [1.165, 1.54) is 18.7 Å². The van der Waals surface area contributed by atoms with Crippen LogP contribution in [0, 0.1) is 0 Å². The van der Waals surface area contributed by atoms with Crippen molar-refractivity contribution in [2.75, 3.05) is 7.11 Å². The number of aryl methyl sites for hydroxylation is 1. The maximum absolute atomic E-state index is 12.4. The van der Waals surface area contributed by atoms with Gasteiger partial charge in [0.15, 0.2) is 0 Å². The predicted octanol–water partition coefficient (Wildman–Crippen LogP) is 0.619. The van der Waals surface area contributed by atoms with E-state index in [1.54, 1.807) is 24.3 Å². The standard InChI is InChI=1S/C14H12N2O5/c1-15-11-8-5-3-4-6-9(8)21-12(11)13(18)16(14(15)19)7-10(17)20-2/h3-6H,7H2,1-2H3. The van der Waals surface area contributed by atoms with Crippen LogP contribution in [-0.4, -0.2) is 22.2 Å². The molecule has 0 amide bonds. The van der Waals surface area contributed by atoms with Crippen molar-refractivity contribution in [3.8, 4) is 0 Å². The molecule has 7 nitrogen and oxygen atoms in total. The zero-order chi connectivity index (χ0) is 15.1. The van der Waals surface area contributed by atoms with E-state index in [4.69, 9.17) is 4.42 Å². The minimum absolute atomic E-state index is 0.0437. The van der Waals surface area contributed by atoms with Crippen molar-refractivity contribution in [2.24, 2.45) is 7.05 Å². The molecule has 0 aliphatic heterocycles. The lowest BCUT2D eigenvalue weighted by molar-refractivity contribution is -0.141. The molecule has 0 fully saturated rings. The molecule has 0 aliphatic carbocycles. The summed E-state index contributed by atoms with van der Waals surface area (Å²) in [5.41, 5.74) is -0.265. The number of carbonyl (C=O) groups is 1. The molecule has 0 saturated heterocycles. The van der Waals surface area contributed by atoms with Gasteiger partial charge in [-0.25, -0.2) is 9.36 Å². The largest absolute Gasteiger partial charge is 0.468 e. The molecule has 2 heterocycles. The first-order valence-corrected chi connectivity index (χ1v) is 6.22. The number of esters is 1. The third kappa shape index (κ3) is 1.85. The Bertz CT molecular complexity index is 977. The summed E-state index contributed by atoms with van der Waals surface area (Å²) in [4.78, 5) is 36.0. The summed E-state index contributed by atoms with van der Waals surface area (Å²) in [5.74, 6) is -0.676. The molecule has 108 valence electrons. The van der Waals surface area contributed by atoms with Crippen LogP contribution in [0.1, 0.15) is 0 Å². The van der Waals surface area contributed by atoms with E-state index in [0.29, 0.717) is 16.5 Å². The maximum atomic E-state index is 12.4. The number of hydrogen-bond donors (Lipinski definition) is 0. The van der Waals surface area contributed by atoms with Crippen LogP contribution >= 0.6 is 0 Å². The average Bonchev–Trinajstić information content (AvgIpc) is 2.88. The maximum Gasteiger partial charge on any atom is 0.331 e. The number of methoxy groups -OCH3 is 1. The fourth-order valence-electron chi connectivity index (χ4n) is 2.33. The normalized spacial score (nSPS) is 11.1. The summed E-state index contributed by atoms with van der Waals surface area (Å²) >= 11 is 0. The van der Waals surface area contributed by atoms with Gasteiger partial charge in [0, 0.05) is 12.4 Å². The predicted molar refractivity (Wildman–Crippen MR) is 75.2 cm³/mol. The van der Waals surface area contributed by atoms with Crippen molar-refractivity contribution in [1.82, 2.24) is 9.13 Å². The van der Waals surface area contributed by atoms with E-state index in [0.717, 1.165) is 4.57 Å². The number of fused-ring (bicyclic) bond motifs is 3. The molecule has 0 radical (unpaired) electrons. The molecule has 7 heteroatoms. The first-order chi connectivity index (χ1) is 10.0. The SMILES string of the molecule is COC(=O)Cn1c(=O)c2oc3ccccc3c2n(C)c1=O. The summed E-state index contributed by atoms with van der Waals surface area (Å²) in [6.45, 7) is -0.449. The van der Waals surface area contributed by atoms with E-state index in [1.807, 2.05) is 0 Å². The fourth-order valence-corrected chi connectivity index (χ4v) is 2.33. The topological polar surface area (TPSA) is 83.4 Å². The zero-order valence-corrected chi connectivity index (χ0v) is 11.5. The van der Waals surface area contributed by atoms with Gasteiger partial charge in [-0.1, -0.05) is 12.1 Å². The van der Waals surface area contributed by atoms with Crippen LogP contribution in [0.5, 0.6) is 0 Å². The number of para-hydroxylation sites is 1. The van der Waals surface area contributed by atoms with E-state index < -0.39 is 23.8 Å². The number of aromatic nitrogens is 2. The molecule has 3 rings (SSSR count). The first-order valence-electron chi connectivity index (χ1n) is 6.22. The van der Waals surface area contributed by atoms with E-state index in [-0.39, 0.29) is 5.58 Å². The first kappa shape index (κ1) is 13.2. The number of ether oxygens (including phenoxy) is 1. The molecule has 0 aliphatic rings. The van der Waals surface area contributed by atoms with Gasteiger partial charge in [0.1, 0.15) is 17.6 Å². The van der Waals surface area contributed by atoms with Crippen molar-refractivity contribution in [3.63, 3.8) is 0 Å². The van der Waals surface area contributed by atoms with E-state index >= 15 is 0 Å². The quantitative estimate of drug-likeness (QED) is 0.645. The van der Waals surface area contributed by atoms with Crippen molar-refractivity contribution >= 4 is 28.0 Å². The van der Waals surface area contributed by atoms with Gasteiger partial charge in [-0.3, -0.25) is 14.2 Å². The van der Waals surface area contributed by atoms with Gasteiger partial charge in [0.2, 0.25) is 5.58 Å². The van der Waals surface area contributed by atoms with Crippen molar-refractivity contribution in [2.45, 2.75) is 6.54 Å². The number of nitrogens with zero attached hydrogens (tertiary/aromatic N) is 2. The minimum Gasteiger partial charge on any atom is -0.468 e. The van der Waals surface area contributed by atoms with Gasteiger partial charge < -0.3 is 9.15 Å². The lowest BCUT2D eigenvalue weighted by Gasteiger charge is -2.06. The average molecular weight is 288 g/mol. The molecule has 0 unspecified atom stereocenters. The zero-order valence-electron chi connectivity index (χ0n) is 11.5. The van der Waals surface area contributed by atoms with Crippen LogP contribution < -0.4 is 11.2 Å². The Labute approximate surface area is 118 Å². The summed E-state index contributed by atoms with van der Waals surface area (Å²) < 4.78 is 12.1. The van der Waals surface area contributed by atoms with Gasteiger partial charge in [-0.15, -0.1) is 0 Å². The highest BCUT2D eigenvalue weighted by atomic mass is 16.5. The second kappa shape index (κ2) is 4.62. The van der Waals surface area contributed by atoms with Crippen LogP contribution in [0.15, 0.2) is 38.3 Å². The van der Waals surface area contributed by atoms with Gasteiger partial charge in [-0.05, 0) is 12.1 Å². The molecule has 0 bridgehead atoms. The lowest BCUT2D eigenvalue weighted by Crippen LogP contribution is -2.40. The highest BCUT2D eigenvalue weighted by Gasteiger charge is 2.19. The molecule has 3 aromatic rings. The summed E-state index contributed by atoms with van der Waals surface area (Å²) in [6, 6.07) is 7.05. The van der Waals surface area contributed by atoms with Crippen molar-refractivity contribution in [1.29, 1.82) is 0 Å². The monoisotopic (exact) mass is 288 g/mol. The molecule has 0 spiro atoms. The molecule has 0 atom stereocenters. The highest BCUT2D eigenvalue weighted by molar-refractivity contribution is 6.02. The Hall–Kier alpha value is -2.83. The highest BCUT2D eigenvalue weighted by Crippen LogP contribution is 2.24. The van der Waals surface area contributed by atoms with Crippen molar-refractivity contribution < 1.29 is 13.9 Å². The summed E-state index contributed by atoms with van der Waals surface area (Å²) in [5, 5.41) is 0.675.